The van der Waals surface area contributed by atoms with E-state index in [0.29, 0.717) is 16.0 Å². The van der Waals surface area contributed by atoms with Gasteiger partial charge >= 0.3 is 6.09 Å². The number of hydrogen-bond acceptors (Lipinski definition) is 4. The van der Waals surface area contributed by atoms with Gasteiger partial charge in [0, 0.05) is 6.04 Å². The largest absolute Gasteiger partial charge is 0.465 e. The molecule has 2 aromatic heterocycles. The highest BCUT2D eigenvalue weighted by molar-refractivity contribution is 9.11. The van der Waals surface area contributed by atoms with Gasteiger partial charge in [0.05, 0.1) is 15.3 Å². The van der Waals surface area contributed by atoms with Crippen LogP contribution in [0, 0.1) is 5.92 Å². The molecular weight excluding hydrogens is 358 g/mol. The molecule has 2 bridgehead atoms. The van der Waals surface area contributed by atoms with Crippen molar-refractivity contribution in [3.8, 4) is 0 Å². The molecule has 0 unspecified atom stereocenters. The molecule has 2 N–H and O–H groups in total. The number of H-pyrrole nitrogens is 1. The third-order valence-electron chi connectivity index (χ3n) is 4.46. The van der Waals surface area contributed by atoms with Crippen LogP contribution >= 0.6 is 27.3 Å². The van der Waals surface area contributed by atoms with E-state index in [1.54, 1.807) is 6.07 Å². The number of carbonyl (C=O) groups is 1. The lowest BCUT2D eigenvalue weighted by Gasteiger charge is -2.32. The fourth-order valence-electron chi connectivity index (χ4n) is 3.68. The zero-order valence-corrected chi connectivity index (χ0v) is 13.3. The van der Waals surface area contributed by atoms with Crippen molar-refractivity contribution in [3.05, 3.63) is 26.0 Å². The van der Waals surface area contributed by atoms with E-state index < -0.39 is 6.09 Å². The van der Waals surface area contributed by atoms with Gasteiger partial charge in [-0.1, -0.05) is 0 Å². The van der Waals surface area contributed by atoms with Gasteiger partial charge in [-0.25, -0.2) is 9.78 Å². The van der Waals surface area contributed by atoms with Crippen LogP contribution in [0.25, 0.3) is 10.2 Å². The Balaban J connectivity index is 1.85. The van der Waals surface area contributed by atoms with Crippen LogP contribution in [0.2, 0.25) is 0 Å². The molecule has 0 radical (unpaired) electrons. The Morgan fingerprint density at radius 3 is 3.10 bits per heavy atom. The van der Waals surface area contributed by atoms with Crippen LogP contribution in [0.15, 0.2) is 14.6 Å². The van der Waals surface area contributed by atoms with Crippen molar-refractivity contribution in [2.75, 3.05) is 0 Å². The van der Waals surface area contributed by atoms with E-state index in [2.05, 4.69) is 25.9 Å². The summed E-state index contributed by atoms with van der Waals surface area (Å²) in [5.41, 5.74) is 0.428. The average Bonchev–Trinajstić information content (AvgIpc) is 3.10. The predicted octanol–water partition coefficient (Wildman–Crippen LogP) is 2.95. The van der Waals surface area contributed by atoms with E-state index in [-0.39, 0.29) is 23.6 Å². The second kappa shape index (κ2) is 4.54. The molecule has 1 amide bonds. The Morgan fingerprint density at radius 1 is 1.52 bits per heavy atom. The molecule has 0 spiro atoms. The molecule has 21 heavy (non-hydrogen) atoms. The lowest BCUT2D eigenvalue weighted by molar-refractivity contribution is 0.0989. The Bertz CT molecular complexity index is 802. The quantitative estimate of drug-likeness (QED) is 0.808. The van der Waals surface area contributed by atoms with Crippen molar-refractivity contribution in [1.29, 1.82) is 0 Å². The molecule has 0 aromatic carbocycles. The first-order chi connectivity index (χ1) is 10.0. The second-order valence-electron chi connectivity index (χ2n) is 5.58. The van der Waals surface area contributed by atoms with Crippen molar-refractivity contribution in [2.24, 2.45) is 5.92 Å². The molecule has 110 valence electrons. The van der Waals surface area contributed by atoms with Gasteiger partial charge in [0.1, 0.15) is 10.5 Å². The molecule has 1 aliphatic heterocycles. The molecule has 2 aromatic rings. The number of nitrogens with one attached hydrogen (secondary N) is 1. The Kier molecular flexibility index (Phi) is 2.87. The molecule has 1 aliphatic carbocycles. The molecule has 1 saturated heterocycles. The van der Waals surface area contributed by atoms with Crippen molar-refractivity contribution >= 4 is 43.6 Å². The number of amides is 1. The van der Waals surface area contributed by atoms with E-state index in [0.717, 1.165) is 23.0 Å². The van der Waals surface area contributed by atoms with Crippen LogP contribution in [-0.4, -0.2) is 32.1 Å². The fraction of sp³-hybridized carbons (Fsp3) is 0.462. The average molecular weight is 370 g/mol. The van der Waals surface area contributed by atoms with E-state index in [4.69, 9.17) is 0 Å². The summed E-state index contributed by atoms with van der Waals surface area (Å²) in [6.07, 6.45) is 1.84. The maximum absolute atomic E-state index is 12.2. The molecule has 2 aliphatic rings. The van der Waals surface area contributed by atoms with E-state index in [1.165, 1.54) is 16.2 Å². The molecule has 6 nitrogen and oxygen atoms in total. The molecule has 8 heteroatoms. The highest BCUT2D eigenvalue weighted by Gasteiger charge is 2.50. The summed E-state index contributed by atoms with van der Waals surface area (Å²) < 4.78 is 1.41. The van der Waals surface area contributed by atoms with Crippen LogP contribution < -0.4 is 5.56 Å². The maximum atomic E-state index is 12.2. The van der Waals surface area contributed by atoms with Gasteiger partial charge in [0.2, 0.25) is 0 Å². The van der Waals surface area contributed by atoms with Gasteiger partial charge in [-0.3, -0.25) is 9.69 Å². The SMILES string of the molecule is O=C(O)N1[C@@H]2CC[C@@H](C2)[C@H]1c1nc2cc(Br)sc2c(=O)[nH]1. The van der Waals surface area contributed by atoms with Crippen LogP contribution in [0.1, 0.15) is 31.1 Å². The van der Waals surface area contributed by atoms with Crippen molar-refractivity contribution in [2.45, 2.75) is 31.3 Å². The first-order valence-corrected chi connectivity index (χ1v) is 8.36. The minimum atomic E-state index is -0.929. The van der Waals surface area contributed by atoms with Gasteiger partial charge in [-0.15, -0.1) is 11.3 Å². The highest BCUT2D eigenvalue weighted by Crippen LogP contribution is 2.49. The highest BCUT2D eigenvalue weighted by atomic mass is 79.9. The Labute approximate surface area is 131 Å². The minimum absolute atomic E-state index is 0.0627. The zero-order chi connectivity index (χ0) is 14.7. The second-order valence-corrected chi connectivity index (χ2v) is 8.01. The first kappa shape index (κ1) is 13.3. The lowest BCUT2D eigenvalue weighted by Crippen LogP contribution is -2.40. The minimum Gasteiger partial charge on any atom is -0.465 e. The van der Waals surface area contributed by atoms with Crippen molar-refractivity contribution in [3.63, 3.8) is 0 Å². The third-order valence-corrected chi connectivity index (χ3v) is 6.08. The number of aromatic amines is 1. The van der Waals surface area contributed by atoms with Crippen LogP contribution in [0.3, 0.4) is 0 Å². The number of aromatic nitrogens is 2. The van der Waals surface area contributed by atoms with Gasteiger partial charge in [0.15, 0.2) is 0 Å². The Hall–Kier alpha value is -1.41. The van der Waals surface area contributed by atoms with Crippen LogP contribution in [-0.2, 0) is 0 Å². The summed E-state index contributed by atoms with van der Waals surface area (Å²) in [4.78, 5) is 32.5. The summed E-state index contributed by atoms with van der Waals surface area (Å²) in [6.45, 7) is 0. The zero-order valence-electron chi connectivity index (χ0n) is 10.9. The molecule has 4 rings (SSSR count). The summed E-state index contributed by atoms with van der Waals surface area (Å²) >= 11 is 4.69. The summed E-state index contributed by atoms with van der Waals surface area (Å²) in [6, 6.07) is 1.54. The molecule has 2 fully saturated rings. The van der Waals surface area contributed by atoms with Crippen molar-refractivity contribution < 1.29 is 9.90 Å². The van der Waals surface area contributed by atoms with Crippen molar-refractivity contribution in [1.82, 2.24) is 14.9 Å². The summed E-state index contributed by atoms with van der Waals surface area (Å²) in [5, 5.41) is 9.45. The normalized spacial score (nSPS) is 27.7. The van der Waals surface area contributed by atoms with Gasteiger partial charge in [-0.2, -0.15) is 0 Å². The van der Waals surface area contributed by atoms with Crippen LogP contribution in [0.4, 0.5) is 4.79 Å². The molecule has 1 saturated carbocycles. The number of nitrogens with zero attached hydrogens (tertiary/aromatic N) is 2. The summed E-state index contributed by atoms with van der Waals surface area (Å²) in [5.74, 6) is 0.737. The molecule has 3 atom stereocenters. The van der Waals surface area contributed by atoms with Gasteiger partial charge in [0.25, 0.3) is 5.56 Å². The van der Waals surface area contributed by atoms with Gasteiger partial charge in [-0.05, 0) is 47.2 Å². The topological polar surface area (TPSA) is 86.3 Å². The van der Waals surface area contributed by atoms with E-state index in [9.17, 15) is 14.7 Å². The predicted molar refractivity (Wildman–Crippen MR) is 81.7 cm³/mol. The fourth-order valence-corrected chi connectivity index (χ4v) is 5.11. The molecule has 3 heterocycles. The number of carboxylic acid groups (broad SMARTS) is 1. The third kappa shape index (κ3) is 1.92. The number of thiophene rings is 1. The lowest BCUT2D eigenvalue weighted by atomic mass is 9.98. The number of rotatable bonds is 1. The summed E-state index contributed by atoms with van der Waals surface area (Å²) in [7, 11) is 0. The standard InChI is InChI=1S/C13H12BrN3O3S/c14-8-4-7-10(21-8)12(18)16-11(15-7)9-5-1-2-6(3-5)17(9)13(19)20/h4-6,9H,1-3H2,(H,19,20)(H,15,16,18)/t5-,6+,9-/m0/s1. The smallest absolute Gasteiger partial charge is 0.408 e. The van der Waals surface area contributed by atoms with E-state index >= 15 is 0 Å². The number of likely N-dealkylation sites (tertiary alicyclic amines) is 1. The van der Waals surface area contributed by atoms with Gasteiger partial charge < -0.3 is 10.1 Å². The number of fused-ring (bicyclic) bond motifs is 3. The first-order valence-electron chi connectivity index (χ1n) is 6.75. The van der Waals surface area contributed by atoms with E-state index in [1.807, 2.05) is 0 Å². The monoisotopic (exact) mass is 369 g/mol. The maximum Gasteiger partial charge on any atom is 0.408 e. The number of halogens is 1. The number of piperidine rings is 1. The number of hydrogen-bond donors (Lipinski definition) is 2. The van der Waals surface area contributed by atoms with Crippen LogP contribution in [0.5, 0.6) is 0 Å². The molecular formula is C13H12BrN3O3S. The Morgan fingerprint density at radius 2 is 2.33 bits per heavy atom.